The van der Waals surface area contributed by atoms with Gasteiger partial charge in [0.25, 0.3) is 0 Å². The van der Waals surface area contributed by atoms with Crippen LogP contribution in [0.15, 0.2) is 15.9 Å². The predicted octanol–water partition coefficient (Wildman–Crippen LogP) is 2.27. The Morgan fingerprint density at radius 2 is 2.33 bits per heavy atom. The molecule has 1 aliphatic heterocycles. The highest BCUT2D eigenvalue weighted by Crippen LogP contribution is 2.38. The van der Waals surface area contributed by atoms with Gasteiger partial charge in [0.1, 0.15) is 10.4 Å². The maximum absolute atomic E-state index is 13.6. The number of rotatable bonds is 3. The van der Waals surface area contributed by atoms with E-state index in [9.17, 15) is 14.0 Å². The average Bonchev–Trinajstić information content (AvgIpc) is 3.11. The van der Waals surface area contributed by atoms with Gasteiger partial charge in [-0.05, 0) is 27.4 Å². The van der Waals surface area contributed by atoms with E-state index in [1.807, 2.05) is 0 Å². The van der Waals surface area contributed by atoms with Crippen molar-refractivity contribution >= 4 is 56.4 Å². The van der Waals surface area contributed by atoms with Crippen LogP contribution in [-0.2, 0) is 16.6 Å². The van der Waals surface area contributed by atoms with Crippen molar-refractivity contribution in [3.63, 3.8) is 0 Å². The molecule has 10 heteroatoms. The van der Waals surface area contributed by atoms with E-state index in [1.54, 1.807) is 18.8 Å². The van der Waals surface area contributed by atoms with Crippen LogP contribution in [0.5, 0.6) is 0 Å². The summed E-state index contributed by atoms with van der Waals surface area (Å²) in [4.78, 5) is 26.6. The molecule has 2 amide bonds. The number of aromatic nitrogens is 2. The van der Waals surface area contributed by atoms with Gasteiger partial charge in [0.15, 0.2) is 17.3 Å². The van der Waals surface area contributed by atoms with Crippen molar-refractivity contribution in [3.05, 3.63) is 31.9 Å². The Morgan fingerprint density at radius 1 is 1.62 bits per heavy atom. The lowest BCUT2D eigenvalue weighted by molar-refractivity contribution is -0.734. The maximum atomic E-state index is 13.6. The Hall–Kier alpha value is -1.45. The molecule has 24 heavy (non-hydrogen) atoms. The van der Waals surface area contributed by atoms with Gasteiger partial charge >= 0.3 is 0 Å². The lowest BCUT2D eigenvalue weighted by atomic mass is 9.91. The minimum atomic E-state index is -0.955. The molecule has 0 bridgehead atoms. The first-order valence-corrected chi connectivity index (χ1v) is 9.08. The van der Waals surface area contributed by atoms with Crippen LogP contribution in [0.1, 0.15) is 11.6 Å². The van der Waals surface area contributed by atoms with Crippen LogP contribution in [0.25, 0.3) is 0 Å². The number of amides is 2. The highest BCUT2D eigenvalue weighted by atomic mass is 79.9. The maximum Gasteiger partial charge on any atom is 0.238 e. The van der Waals surface area contributed by atoms with Crippen molar-refractivity contribution < 1.29 is 18.7 Å². The molecular formula is C14H14BrClFN4O2S+. The standard InChI is InChI=1S/C14H13BrClFN4O2S/c1-20-5-6(10-9(15)11(16)19-21(10)2)8(14(20)23)13(22)18-7-3-4-24-12(7)17/h3-4,6,8H,5H2,1-2H3,(H,18,22)/p+1/t6-,8-/m0/s1. The fourth-order valence-corrected chi connectivity index (χ4v) is 4.40. The first kappa shape index (κ1) is 17.4. The van der Waals surface area contributed by atoms with Crippen molar-refractivity contribution in [2.24, 2.45) is 13.0 Å². The highest BCUT2D eigenvalue weighted by molar-refractivity contribution is 9.10. The number of thiophene rings is 1. The van der Waals surface area contributed by atoms with Gasteiger partial charge in [-0.2, -0.15) is 9.49 Å². The van der Waals surface area contributed by atoms with Crippen LogP contribution >= 0.6 is 38.9 Å². The normalized spacial score (nSPS) is 20.7. The molecule has 2 atom stereocenters. The minimum absolute atomic E-state index is 0.0849. The first-order chi connectivity index (χ1) is 11.3. The molecule has 0 aliphatic carbocycles. The summed E-state index contributed by atoms with van der Waals surface area (Å²) >= 11 is 10.4. The first-order valence-electron chi connectivity index (χ1n) is 7.03. The average molecular weight is 437 g/mol. The molecule has 1 aliphatic rings. The summed E-state index contributed by atoms with van der Waals surface area (Å²) in [5.74, 6) is -2.20. The highest BCUT2D eigenvalue weighted by Gasteiger charge is 2.49. The largest absolute Gasteiger partial charge is 0.344 e. The van der Waals surface area contributed by atoms with Crippen LogP contribution in [0.4, 0.5) is 10.1 Å². The van der Waals surface area contributed by atoms with Crippen molar-refractivity contribution in [2.75, 3.05) is 18.9 Å². The van der Waals surface area contributed by atoms with E-state index in [0.29, 0.717) is 21.9 Å². The third-order valence-electron chi connectivity index (χ3n) is 4.07. The monoisotopic (exact) mass is 435 g/mol. The number of hydrogen-bond donors (Lipinski definition) is 2. The topological polar surface area (TPSA) is 69.1 Å². The molecule has 0 spiro atoms. The zero-order valence-electron chi connectivity index (χ0n) is 12.8. The SMILES string of the molecule is CN1C[C@H](c2c(Br)c(Cl)[nH][n+]2C)[C@@H](C(=O)Nc2ccsc2F)C1=O. The molecule has 3 rings (SSSR count). The molecule has 0 unspecified atom stereocenters. The third kappa shape index (κ3) is 2.84. The van der Waals surface area contributed by atoms with Gasteiger partial charge in [0.2, 0.25) is 17.5 Å². The smallest absolute Gasteiger partial charge is 0.238 e. The Labute approximate surface area is 154 Å². The second-order valence-electron chi connectivity index (χ2n) is 5.58. The van der Waals surface area contributed by atoms with Gasteiger partial charge in [0.05, 0.1) is 11.6 Å². The number of carbonyl (C=O) groups is 2. The molecule has 0 radical (unpaired) electrons. The second-order valence-corrected chi connectivity index (χ2v) is 7.62. The summed E-state index contributed by atoms with van der Waals surface area (Å²) in [6, 6.07) is 1.47. The Morgan fingerprint density at radius 3 is 2.88 bits per heavy atom. The van der Waals surface area contributed by atoms with Crippen molar-refractivity contribution in [1.82, 2.24) is 10.00 Å². The summed E-state index contributed by atoms with van der Waals surface area (Å²) in [5.41, 5.74) is 0.797. The number of H-pyrrole nitrogens is 1. The third-order valence-corrected chi connectivity index (χ3v) is 6.07. The van der Waals surface area contributed by atoms with E-state index in [-0.39, 0.29) is 11.6 Å². The molecule has 6 nitrogen and oxygen atoms in total. The number of anilines is 1. The number of nitrogens with zero attached hydrogens (tertiary/aromatic N) is 2. The minimum Gasteiger partial charge on any atom is -0.344 e. The zero-order valence-corrected chi connectivity index (χ0v) is 15.9. The van der Waals surface area contributed by atoms with Gasteiger partial charge in [-0.3, -0.25) is 9.59 Å². The Kier molecular flexibility index (Phi) is 4.67. The van der Waals surface area contributed by atoms with Crippen LogP contribution < -0.4 is 10.00 Å². The summed E-state index contributed by atoms with van der Waals surface area (Å²) in [7, 11) is 3.39. The fourth-order valence-electron chi connectivity index (χ4n) is 2.96. The van der Waals surface area contributed by atoms with E-state index in [1.165, 1.54) is 16.3 Å². The summed E-state index contributed by atoms with van der Waals surface area (Å²) in [5, 5.41) is 6.85. The van der Waals surface area contributed by atoms with Gasteiger partial charge in [-0.25, -0.2) is 0 Å². The van der Waals surface area contributed by atoms with Gasteiger partial charge in [-0.15, -0.1) is 16.0 Å². The van der Waals surface area contributed by atoms with E-state index in [0.717, 1.165) is 11.3 Å². The van der Waals surface area contributed by atoms with E-state index >= 15 is 0 Å². The predicted molar refractivity (Wildman–Crippen MR) is 91.5 cm³/mol. The van der Waals surface area contributed by atoms with Crippen LogP contribution in [-0.4, -0.2) is 35.4 Å². The molecule has 2 N–H and O–H groups in total. The molecule has 2 aromatic rings. The zero-order chi connectivity index (χ0) is 17.6. The molecule has 2 aromatic heterocycles. The number of aryl methyl sites for hydroxylation is 1. The van der Waals surface area contributed by atoms with E-state index < -0.39 is 22.9 Å². The number of halogens is 3. The van der Waals surface area contributed by atoms with Gasteiger partial charge in [-0.1, -0.05) is 11.6 Å². The van der Waals surface area contributed by atoms with Gasteiger partial charge in [0, 0.05) is 13.6 Å². The molecule has 128 valence electrons. The number of nitrogens with one attached hydrogen (secondary N) is 2. The second kappa shape index (κ2) is 6.45. The van der Waals surface area contributed by atoms with Gasteiger partial charge < -0.3 is 10.2 Å². The van der Waals surface area contributed by atoms with Crippen molar-refractivity contribution in [2.45, 2.75) is 5.92 Å². The lowest BCUT2D eigenvalue weighted by Gasteiger charge is -2.13. The Balaban J connectivity index is 1.95. The van der Waals surface area contributed by atoms with Crippen LogP contribution in [0.3, 0.4) is 0 Å². The fraction of sp³-hybridized carbons (Fsp3) is 0.357. The van der Waals surface area contributed by atoms with Crippen LogP contribution in [0, 0.1) is 11.0 Å². The van der Waals surface area contributed by atoms with Crippen molar-refractivity contribution in [3.8, 4) is 0 Å². The molecule has 0 aromatic carbocycles. The molecule has 0 saturated carbocycles. The molecule has 3 heterocycles. The summed E-state index contributed by atoms with van der Waals surface area (Å²) in [6.07, 6.45) is 0. The quantitative estimate of drug-likeness (QED) is 0.572. The summed E-state index contributed by atoms with van der Waals surface area (Å²) < 4.78 is 15.9. The molecule has 1 fully saturated rings. The Bertz CT molecular complexity index is 824. The molecule has 1 saturated heterocycles. The number of carbonyl (C=O) groups excluding carboxylic acids is 2. The number of likely N-dealkylation sites (tertiary alicyclic amines) is 1. The number of hydrogen-bond acceptors (Lipinski definition) is 3. The number of likely N-dealkylation sites (N-methyl/N-ethyl adjacent to an activating group) is 1. The molecular weight excluding hydrogens is 423 g/mol. The lowest BCUT2D eigenvalue weighted by Crippen LogP contribution is -2.40. The van der Waals surface area contributed by atoms with E-state index in [4.69, 9.17) is 11.6 Å². The summed E-state index contributed by atoms with van der Waals surface area (Å²) in [6.45, 7) is 0.365. The van der Waals surface area contributed by atoms with Crippen molar-refractivity contribution in [1.29, 1.82) is 0 Å². The van der Waals surface area contributed by atoms with E-state index in [2.05, 4.69) is 26.3 Å². The number of aromatic amines is 1. The van der Waals surface area contributed by atoms with Crippen LogP contribution in [0.2, 0.25) is 5.15 Å².